The summed E-state index contributed by atoms with van der Waals surface area (Å²) < 4.78 is 26.0. The van der Waals surface area contributed by atoms with E-state index in [0.717, 1.165) is 12.1 Å². The molecule has 0 atom stereocenters. The Bertz CT molecular complexity index is 754. The second kappa shape index (κ2) is 4.16. The molecule has 1 aromatic carbocycles. The number of benzene rings is 1. The van der Waals surface area contributed by atoms with Crippen molar-refractivity contribution < 1.29 is 8.78 Å². The van der Waals surface area contributed by atoms with E-state index in [9.17, 15) is 8.78 Å². The summed E-state index contributed by atoms with van der Waals surface area (Å²) in [5, 5.41) is 9.91. The predicted octanol–water partition coefficient (Wildman–Crippen LogP) is 1.96. The number of aromatic nitrogens is 4. The number of halogens is 2. The van der Waals surface area contributed by atoms with Crippen molar-refractivity contribution in [3.63, 3.8) is 0 Å². The van der Waals surface area contributed by atoms with E-state index in [2.05, 4.69) is 25.5 Å². The number of rotatable bonds is 2. The summed E-state index contributed by atoms with van der Waals surface area (Å²) in [6.45, 7) is 0. The fourth-order valence-electron chi connectivity index (χ4n) is 1.66. The maximum Gasteiger partial charge on any atom is 0.224 e. The number of H-pyrrole nitrogens is 1. The van der Waals surface area contributed by atoms with Gasteiger partial charge in [0, 0.05) is 11.8 Å². The van der Waals surface area contributed by atoms with Crippen LogP contribution in [0.1, 0.15) is 0 Å². The van der Waals surface area contributed by atoms with Gasteiger partial charge in [-0.05, 0) is 12.1 Å². The number of nitrogens with one attached hydrogen (secondary N) is 2. The van der Waals surface area contributed by atoms with Gasteiger partial charge in [-0.2, -0.15) is 15.1 Å². The first-order valence-corrected chi connectivity index (χ1v) is 5.32. The van der Waals surface area contributed by atoms with Crippen LogP contribution in [0.25, 0.3) is 11.0 Å². The number of nitrogens with two attached hydrogens (primary N) is 1. The molecule has 0 aliphatic heterocycles. The van der Waals surface area contributed by atoms with Crippen LogP contribution in [0, 0.1) is 11.6 Å². The maximum atomic E-state index is 13.1. The fraction of sp³-hybridized carbons (Fsp3) is 0. The largest absolute Gasteiger partial charge is 0.368 e. The Labute approximate surface area is 105 Å². The average Bonchev–Trinajstić information content (AvgIpc) is 2.82. The highest BCUT2D eigenvalue weighted by molar-refractivity contribution is 5.88. The summed E-state index contributed by atoms with van der Waals surface area (Å²) in [5.41, 5.74) is 6.35. The highest BCUT2D eigenvalue weighted by atomic mass is 19.2. The van der Waals surface area contributed by atoms with Crippen molar-refractivity contribution in [1.29, 1.82) is 0 Å². The lowest BCUT2D eigenvalue weighted by Crippen LogP contribution is -2.01. The van der Waals surface area contributed by atoms with E-state index in [0.29, 0.717) is 22.5 Å². The molecule has 19 heavy (non-hydrogen) atoms. The van der Waals surface area contributed by atoms with Crippen LogP contribution in [0.15, 0.2) is 24.4 Å². The van der Waals surface area contributed by atoms with Crippen LogP contribution >= 0.6 is 0 Å². The third-order valence-electron chi connectivity index (χ3n) is 2.51. The Morgan fingerprint density at radius 3 is 2.79 bits per heavy atom. The van der Waals surface area contributed by atoms with E-state index in [4.69, 9.17) is 5.73 Å². The lowest BCUT2D eigenvalue weighted by molar-refractivity contribution is 0.509. The van der Waals surface area contributed by atoms with E-state index < -0.39 is 11.6 Å². The summed E-state index contributed by atoms with van der Waals surface area (Å²) in [5.74, 6) is -1.46. The van der Waals surface area contributed by atoms with Gasteiger partial charge in [-0.3, -0.25) is 5.10 Å². The molecule has 8 heteroatoms. The molecule has 0 saturated heterocycles. The Morgan fingerprint density at radius 2 is 2.00 bits per heavy atom. The number of nitrogen functional groups attached to an aromatic ring is 1. The van der Waals surface area contributed by atoms with E-state index in [1.807, 2.05) is 0 Å². The van der Waals surface area contributed by atoms with Gasteiger partial charge in [-0.25, -0.2) is 8.78 Å². The van der Waals surface area contributed by atoms with Crippen molar-refractivity contribution in [2.45, 2.75) is 0 Å². The van der Waals surface area contributed by atoms with Crippen LogP contribution in [-0.2, 0) is 0 Å². The van der Waals surface area contributed by atoms with Crippen molar-refractivity contribution >= 4 is 28.5 Å². The molecular formula is C11H8F2N6. The van der Waals surface area contributed by atoms with Crippen molar-refractivity contribution in [2.75, 3.05) is 11.1 Å². The molecule has 2 aromatic heterocycles. The molecule has 96 valence electrons. The van der Waals surface area contributed by atoms with Crippen molar-refractivity contribution in [3.8, 4) is 0 Å². The number of fused-ring (bicyclic) bond motifs is 1. The summed E-state index contributed by atoms with van der Waals surface area (Å²) >= 11 is 0. The summed E-state index contributed by atoms with van der Waals surface area (Å²) in [6, 6.07) is 3.44. The van der Waals surface area contributed by atoms with E-state index in [1.54, 1.807) is 0 Å². The van der Waals surface area contributed by atoms with E-state index in [-0.39, 0.29) is 5.95 Å². The number of nitrogens with zero attached hydrogens (tertiary/aromatic N) is 3. The van der Waals surface area contributed by atoms with Crippen LogP contribution in [0.4, 0.5) is 26.2 Å². The Balaban J connectivity index is 2.04. The van der Waals surface area contributed by atoms with Gasteiger partial charge in [0.15, 0.2) is 17.3 Å². The number of anilines is 3. The lowest BCUT2D eigenvalue weighted by Gasteiger charge is -2.07. The summed E-state index contributed by atoms with van der Waals surface area (Å²) in [4.78, 5) is 7.94. The minimum atomic E-state index is -0.949. The molecule has 0 aliphatic rings. The number of hydrogen-bond donors (Lipinski definition) is 3. The Hall–Kier alpha value is -2.77. The zero-order valence-corrected chi connectivity index (χ0v) is 9.48. The molecule has 2 heterocycles. The van der Waals surface area contributed by atoms with Crippen LogP contribution in [0.3, 0.4) is 0 Å². The molecule has 0 amide bonds. The van der Waals surface area contributed by atoms with Crippen molar-refractivity contribution in [3.05, 3.63) is 36.0 Å². The molecule has 0 radical (unpaired) electrons. The maximum absolute atomic E-state index is 13.1. The van der Waals surface area contributed by atoms with Gasteiger partial charge in [-0.1, -0.05) is 0 Å². The van der Waals surface area contributed by atoms with Gasteiger partial charge in [0.05, 0.1) is 11.6 Å². The van der Waals surface area contributed by atoms with Gasteiger partial charge < -0.3 is 11.1 Å². The highest BCUT2D eigenvalue weighted by Crippen LogP contribution is 2.23. The third kappa shape index (κ3) is 2.03. The quantitative estimate of drug-likeness (QED) is 0.656. The van der Waals surface area contributed by atoms with Crippen LogP contribution in [0.5, 0.6) is 0 Å². The monoisotopic (exact) mass is 262 g/mol. The zero-order chi connectivity index (χ0) is 13.4. The first kappa shape index (κ1) is 11.3. The van der Waals surface area contributed by atoms with Crippen molar-refractivity contribution in [1.82, 2.24) is 20.2 Å². The Kier molecular flexibility index (Phi) is 2.48. The second-order valence-electron chi connectivity index (χ2n) is 3.82. The Morgan fingerprint density at radius 1 is 1.16 bits per heavy atom. The smallest absolute Gasteiger partial charge is 0.224 e. The lowest BCUT2D eigenvalue weighted by atomic mass is 10.3. The van der Waals surface area contributed by atoms with Crippen LogP contribution < -0.4 is 11.1 Å². The minimum absolute atomic E-state index is 0.0434. The molecule has 3 rings (SSSR count). The third-order valence-corrected chi connectivity index (χ3v) is 2.51. The molecule has 0 bridgehead atoms. The van der Waals surface area contributed by atoms with Gasteiger partial charge in [0.1, 0.15) is 5.82 Å². The number of hydrogen-bond acceptors (Lipinski definition) is 5. The topological polar surface area (TPSA) is 92.5 Å². The van der Waals surface area contributed by atoms with Crippen LogP contribution in [0.2, 0.25) is 0 Å². The molecule has 0 fully saturated rings. The molecule has 3 aromatic rings. The molecule has 0 unspecified atom stereocenters. The molecule has 0 saturated carbocycles. The first-order chi connectivity index (χ1) is 9.13. The molecule has 4 N–H and O–H groups in total. The first-order valence-electron chi connectivity index (χ1n) is 5.32. The van der Waals surface area contributed by atoms with E-state index >= 15 is 0 Å². The fourth-order valence-corrected chi connectivity index (χ4v) is 1.66. The number of aromatic amines is 1. The summed E-state index contributed by atoms with van der Waals surface area (Å²) in [6.07, 6.45) is 1.51. The van der Waals surface area contributed by atoms with Gasteiger partial charge in [0.25, 0.3) is 0 Å². The molecule has 6 nitrogen and oxygen atoms in total. The zero-order valence-electron chi connectivity index (χ0n) is 9.48. The standard InChI is InChI=1S/C11H8F2N6/c12-7-2-1-5(3-8(7)13)16-9-6-4-15-19-10(6)18-11(14)17-9/h1-4H,(H4,14,15,16,17,18,19). The van der Waals surface area contributed by atoms with Gasteiger partial charge in [0.2, 0.25) is 5.95 Å². The van der Waals surface area contributed by atoms with Crippen molar-refractivity contribution in [2.24, 2.45) is 0 Å². The average molecular weight is 262 g/mol. The van der Waals surface area contributed by atoms with Gasteiger partial charge in [-0.15, -0.1) is 0 Å². The molecule has 0 aliphatic carbocycles. The van der Waals surface area contributed by atoms with Crippen LogP contribution in [-0.4, -0.2) is 20.2 Å². The van der Waals surface area contributed by atoms with E-state index in [1.165, 1.54) is 12.3 Å². The normalized spacial score (nSPS) is 10.8. The molecular weight excluding hydrogens is 254 g/mol. The predicted molar refractivity (Wildman–Crippen MR) is 65.7 cm³/mol. The highest BCUT2D eigenvalue weighted by Gasteiger charge is 2.09. The summed E-state index contributed by atoms with van der Waals surface area (Å²) in [7, 11) is 0. The SMILES string of the molecule is Nc1nc(Nc2ccc(F)c(F)c2)c2cn[nH]c2n1. The van der Waals surface area contributed by atoms with Gasteiger partial charge >= 0.3 is 0 Å². The minimum Gasteiger partial charge on any atom is -0.368 e. The second-order valence-corrected chi connectivity index (χ2v) is 3.82. The molecule has 0 spiro atoms.